The van der Waals surface area contributed by atoms with E-state index in [1.807, 2.05) is 94.4 Å². The molecule has 6 rings (SSSR count). The topological polar surface area (TPSA) is 97.4 Å². The number of thiocarbonyl (C=S) groups is 1. The van der Waals surface area contributed by atoms with Gasteiger partial charge in [0.05, 0.1) is 17.1 Å². The predicted molar refractivity (Wildman–Crippen MR) is 169 cm³/mol. The molecule has 1 aliphatic rings. The van der Waals surface area contributed by atoms with Crippen LogP contribution in [0.3, 0.4) is 0 Å². The number of carbonyl (C=O) groups is 2. The summed E-state index contributed by atoms with van der Waals surface area (Å²) >= 11 is 7.03. The molecule has 0 saturated carbocycles. The van der Waals surface area contributed by atoms with E-state index in [-0.39, 0.29) is 10.7 Å². The van der Waals surface area contributed by atoms with Crippen molar-refractivity contribution in [1.29, 1.82) is 0 Å². The van der Waals surface area contributed by atoms with Crippen LogP contribution >= 0.6 is 24.0 Å². The van der Waals surface area contributed by atoms with Crippen LogP contribution in [0.5, 0.6) is 0 Å². The number of hydrogen-bond acceptors (Lipinski definition) is 8. The lowest BCUT2D eigenvalue weighted by molar-refractivity contribution is -0.120. The quantitative estimate of drug-likeness (QED) is 0.125. The number of aromatic nitrogens is 4. The van der Waals surface area contributed by atoms with Crippen LogP contribution in [0.25, 0.3) is 11.8 Å². The molecule has 11 heteroatoms. The molecule has 3 heterocycles. The molecule has 0 radical (unpaired) electrons. The second kappa shape index (κ2) is 11.4. The van der Waals surface area contributed by atoms with Gasteiger partial charge in [0, 0.05) is 0 Å². The molecule has 2 amide bonds. The average molecular weight is 607 g/mol. The molecule has 5 aromatic rings. The number of amides is 2. The van der Waals surface area contributed by atoms with Gasteiger partial charge in [0.2, 0.25) is 5.16 Å². The number of aryl methyl sites for hydroxylation is 4. The predicted octanol–water partition coefficient (Wildman–Crippen LogP) is 6.39. The van der Waals surface area contributed by atoms with E-state index in [9.17, 15) is 9.59 Å². The Labute approximate surface area is 257 Å². The first kappa shape index (κ1) is 28.3. The molecule has 0 bridgehead atoms. The van der Waals surface area contributed by atoms with E-state index in [2.05, 4.69) is 15.5 Å². The zero-order valence-electron chi connectivity index (χ0n) is 23.8. The van der Waals surface area contributed by atoms with Crippen LogP contribution in [0.1, 0.15) is 28.0 Å². The van der Waals surface area contributed by atoms with Gasteiger partial charge in [0.25, 0.3) is 11.8 Å². The molecule has 1 saturated heterocycles. The third-order valence-electron chi connectivity index (χ3n) is 6.70. The van der Waals surface area contributed by atoms with E-state index in [0.29, 0.717) is 27.4 Å². The van der Waals surface area contributed by atoms with Crippen molar-refractivity contribution >= 4 is 58.4 Å². The van der Waals surface area contributed by atoms with Gasteiger partial charge in [-0.2, -0.15) is 4.68 Å². The van der Waals surface area contributed by atoms with Crippen molar-refractivity contribution in [3.63, 3.8) is 0 Å². The molecule has 2 aromatic heterocycles. The lowest BCUT2D eigenvalue weighted by atomic mass is 10.0. The highest BCUT2D eigenvalue weighted by molar-refractivity contribution is 7.99. The van der Waals surface area contributed by atoms with Crippen LogP contribution < -0.4 is 9.80 Å². The van der Waals surface area contributed by atoms with Crippen LogP contribution in [-0.2, 0) is 9.59 Å². The summed E-state index contributed by atoms with van der Waals surface area (Å²) in [6.07, 6.45) is 1.46. The van der Waals surface area contributed by atoms with Gasteiger partial charge < -0.3 is 4.42 Å². The molecular weight excluding hydrogens is 581 g/mol. The van der Waals surface area contributed by atoms with Crippen molar-refractivity contribution in [2.75, 3.05) is 9.80 Å². The Morgan fingerprint density at radius 3 is 1.86 bits per heavy atom. The van der Waals surface area contributed by atoms with Crippen molar-refractivity contribution in [3.8, 4) is 5.69 Å². The summed E-state index contributed by atoms with van der Waals surface area (Å²) in [5, 5.41) is 13.1. The van der Waals surface area contributed by atoms with Crippen LogP contribution in [0, 0.1) is 27.7 Å². The third kappa shape index (κ3) is 5.64. The summed E-state index contributed by atoms with van der Waals surface area (Å²) < 4.78 is 7.64. The first-order valence-electron chi connectivity index (χ1n) is 13.4. The van der Waals surface area contributed by atoms with E-state index in [4.69, 9.17) is 16.6 Å². The van der Waals surface area contributed by atoms with Crippen molar-refractivity contribution in [2.45, 2.75) is 37.9 Å². The summed E-state index contributed by atoms with van der Waals surface area (Å²) in [5.41, 5.74) is 5.77. The van der Waals surface area contributed by atoms with Gasteiger partial charge in [-0.05, 0) is 139 Å². The number of benzene rings is 3. The maximum atomic E-state index is 14.0. The van der Waals surface area contributed by atoms with Gasteiger partial charge in [-0.3, -0.25) is 19.4 Å². The smallest absolute Gasteiger partial charge is 0.270 e. The van der Waals surface area contributed by atoms with E-state index in [1.165, 1.54) is 27.6 Å². The Morgan fingerprint density at radius 2 is 1.30 bits per heavy atom. The number of hydrogen-bond donors (Lipinski definition) is 0. The number of carbonyl (C=O) groups excluding carboxylic acids is 2. The molecule has 43 heavy (non-hydrogen) atoms. The molecular formula is C32H26N6O3S2. The lowest BCUT2D eigenvalue weighted by Crippen LogP contribution is -2.57. The van der Waals surface area contributed by atoms with Crippen LogP contribution in [0.4, 0.5) is 11.4 Å². The van der Waals surface area contributed by atoms with Gasteiger partial charge in [-0.15, -0.1) is 5.10 Å². The number of furan rings is 1. The van der Waals surface area contributed by atoms with E-state index < -0.39 is 11.8 Å². The molecule has 0 N–H and O–H groups in total. The van der Waals surface area contributed by atoms with Gasteiger partial charge in [-0.25, -0.2) is 0 Å². The standard InChI is InChI=1S/C32H26N6O3S2/c1-19-12-20(2)15-24(14-19)36-29(39)27(30(40)37(32(36)42)25-16-21(3)13-22(4)17-25)18-26-10-11-28(41-26)43-31-33-34-35-38(31)23-8-6-5-7-9-23/h5-18H,1-4H3. The number of tetrazole rings is 1. The van der Waals surface area contributed by atoms with Gasteiger partial charge >= 0.3 is 0 Å². The SMILES string of the molecule is Cc1cc(C)cc(N2C(=O)C(=Cc3ccc(Sc4nnnn4-c4ccccc4)o3)C(=O)N(c3cc(C)cc(C)c3)C2=S)c1. The number of rotatable bonds is 6. The largest absolute Gasteiger partial charge is 0.450 e. The summed E-state index contributed by atoms with van der Waals surface area (Å²) in [5.74, 6) is -0.731. The molecule has 0 spiro atoms. The minimum absolute atomic E-state index is 0.0769. The average Bonchev–Trinajstić information content (AvgIpc) is 3.60. The van der Waals surface area contributed by atoms with Crippen LogP contribution in [-0.4, -0.2) is 37.1 Å². The fourth-order valence-corrected chi connectivity index (χ4v) is 6.15. The van der Waals surface area contributed by atoms with Gasteiger partial charge in [0.15, 0.2) is 10.2 Å². The third-order valence-corrected chi connectivity index (χ3v) is 7.92. The Hall–Kier alpha value is -4.87. The maximum absolute atomic E-state index is 14.0. The van der Waals surface area contributed by atoms with E-state index in [0.717, 1.165) is 27.9 Å². The Kier molecular flexibility index (Phi) is 7.51. The second-order valence-corrected chi connectivity index (χ2v) is 11.6. The monoisotopic (exact) mass is 606 g/mol. The molecule has 3 aromatic carbocycles. The fourth-order valence-electron chi connectivity index (χ4n) is 5.02. The second-order valence-electron chi connectivity index (χ2n) is 10.3. The zero-order valence-corrected chi connectivity index (χ0v) is 25.4. The zero-order chi connectivity index (χ0) is 30.2. The Bertz CT molecular complexity index is 1810. The van der Waals surface area contributed by atoms with Gasteiger partial charge in [0.1, 0.15) is 11.3 Å². The summed E-state index contributed by atoms with van der Waals surface area (Å²) in [6.45, 7) is 7.81. The first-order chi connectivity index (χ1) is 20.7. The van der Waals surface area contributed by atoms with Crippen molar-refractivity contribution < 1.29 is 14.0 Å². The van der Waals surface area contributed by atoms with E-state index in [1.54, 1.807) is 16.8 Å². The van der Waals surface area contributed by atoms with E-state index >= 15 is 0 Å². The number of para-hydroxylation sites is 1. The van der Waals surface area contributed by atoms with Crippen molar-refractivity contribution in [1.82, 2.24) is 20.2 Å². The molecule has 0 aliphatic carbocycles. The summed E-state index contributed by atoms with van der Waals surface area (Å²) in [6, 6.07) is 24.5. The number of anilines is 2. The minimum Gasteiger partial charge on any atom is -0.450 e. The summed E-state index contributed by atoms with van der Waals surface area (Å²) in [4.78, 5) is 30.8. The molecule has 9 nitrogen and oxygen atoms in total. The Balaban J connectivity index is 1.39. The van der Waals surface area contributed by atoms with Crippen molar-refractivity contribution in [2.24, 2.45) is 0 Å². The van der Waals surface area contributed by atoms with Gasteiger partial charge in [-0.1, -0.05) is 30.3 Å². The molecule has 1 aliphatic heterocycles. The van der Waals surface area contributed by atoms with Crippen LogP contribution in [0.2, 0.25) is 0 Å². The lowest BCUT2D eigenvalue weighted by Gasteiger charge is -2.37. The maximum Gasteiger partial charge on any atom is 0.270 e. The highest BCUT2D eigenvalue weighted by Crippen LogP contribution is 2.33. The van der Waals surface area contributed by atoms with Crippen LogP contribution in [0.15, 0.2) is 99.1 Å². The highest BCUT2D eigenvalue weighted by Gasteiger charge is 2.41. The molecule has 1 fully saturated rings. The Morgan fingerprint density at radius 1 is 0.744 bits per heavy atom. The molecule has 0 atom stereocenters. The van der Waals surface area contributed by atoms with Crippen molar-refractivity contribution in [3.05, 3.63) is 112 Å². The normalized spacial score (nSPS) is 13.7. The minimum atomic E-state index is -0.528. The first-order valence-corrected chi connectivity index (χ1v) is 14.6. The number of nitrogens with zero attached hydrogens (tertiary/aromatic N) is 6. The molecule has 214 valence electrons. The molecule has 0 unspecified atom stereocenters. The fraction of sp³-hybridized carbons (Fsp3) is 0.125. The highest BCUT2D eigenvalue weighted by atomic mass is 32.2. The summed E-state index contributed by atoms with van der Waals surface area (Å²) in [7, 11) is 0.